The van der Waals surface area contributed by atoms with Gasteiger partial charge in [0.25, 0.3) is 11.8 Å². The van der Waals surface area contributed by atoms with Gasteiger partial charge in [0, 0.05) is 29.8 Å². The lowest BCUT2D eigenvalue weighted by atomic mass is 10.1. The van der Waals surface area contributed by atoms with Crippen molar-refractivity contribution in [3.63, 3.8) is 0 Å². The number of methoxy groups -OCH3 is 2. The normalized spacial score (nSPS) is 16.5. The van der Waals surface area contributed by atoms with Crippen molar-refractivity contribution in [1.29, 1.82) is 0 Å². The van der Waals surface area contributed by atoms with Crippen LogP contribution in [0.25, 0.3) is 6.08 Å². The summed E-state index contributed by atoms with van der Waals surface area (Å²) in [5.74, 6) is -1.20. The highest BCUT2D eigenvalue weighted by molar-refractivity contribution is 6.06. The first-order valence-electron chi connectivity index (χ1n) is 10.1. The van der Waals surface area contributed by atoms with Crippen LogP contribution in [-0.2, 0) is 14.3 Å². The van der Waals surface area contributed by atoms with Crippen molar-refractivity contribution in [3.05, 3.63) is 65.5 Å². The first kappa shape index (κ1) is 23.0. The number of hydrogen-bond donors (Lipinski definition) is 0. The standard InChI is InChI=1S/C24H24FNO6/c1-30-19-12-8-16(21(15-19)31-2)9-13-22(27)32-20-5-3-4-14-26(24(20)29)23(28)17-6-10-18(25)11-7-17/h6-13,15,20H,3-5,14H2,1-2H3/b13-9+. The van der Waals surface area contributed by atoms with Gasteiger partial charge in [-0.15, -0.1) is 0 Å². The molecule has 0 aromatic heterocycles. The van der Waals surface area contributed by atoms with Crippen LogP contribution < -0.4 is 9.47 Å². The van der Waals surface area contributed by atoms with Crippen LogP contribution in [0.5, 0.6) is 11.5 Å². The Balaban J connectivity index is 1.70. The summed E-state index contributed by atoms with van der Waals surface area (Å²) in [5.41, 5.74) is 0.823. The lowest BCUT2D eigenvalue weighted by Gasteiger charge is -2.22. The number of halogens is 1. The number of likely N-dealkylation sites (tertiary alicyclic amines) is 1. The minimum absolute atomic E-state index is 0.193. The Kier molecular flexibility index (Phi) is 7.59. The summed E-state index contributed by atoms with van der Waals surface area (Å²) in [6.45, 7) is 0.210. The van der Waals surface area contributed by atoms with E-state index in [1.165, 1.54) is 38.5 Å². The molecule has 1 atom stereocenters. The number of ether oxygens (including phenoxy) is 3. The molecule has 2 aromatic carbocycles. The van der Waals surface area contributed by atoms with E-state index in [0.29, 0.717) is 36.3 Å². The van der Waals surface area contributed by atoms with E-state index in [0.717, 1.165) is 17.0 Å². The summed E-state index contributed by atoms with van der Waals surface area (Å²) in [6, 6.07) is 10.1. The second kappa shape index (κ2) is 10.6. The van der Waals surface area contributed by atoms with Gasteiger partial charge in [0.1, 0.15) is 17.3 Å². The molecule has 8 heteroatoms. The fraction of sp³-hybridized carbons (Fsp3) is 0.292. The van der Waals surface area contributed by atoms with Gasteiger partial charge in [0.2, 0.25) is 0 Å². The third-order valence-electron chi connectivity index (χ3n) is 5.07. The summed E-state index contributed by atoms with van der Waals surface area (Å²) in [7, 11) is 3.04. The Morgan fingerprint density at radius 3 is 2.50 bits per heavy atom. The van der Waals surface area contributed by atoms with Crippen LogP contribution in [-0.4, -0.2) is 49.6 Å². The molecule has 0 radical (unpaired) electrons. The highest BCUT2D eigenvalue weighted by atomic mass is 19.1. The summed E-state index contributed by atoms with van der Waals surface area (Å²) < 4.78 is 28.9. The fourth-order valence-corrected chi connectivity index (χ4v) is 3.36. The second-order valence-electron chi connectivity index (χ2n) is 7.16. The Morgan fingerprint density at radius 1 is 1.06 bits per heavy atom. The second-order valence-corrected chi connectivity index (χ2v) is 7.16. The van der Waals surface area contributed by atoms with Crippen molar-refractivity contribution >= 4 is 23.9 Å². The minimum atomic E-state index is -1.07. The van der Waals surface area contributed by atoms with E-state index in [2.05, 4.69) is 0 Å². The van der Waals surface area contributed by atoms with E-state index in [1.807, 2.05) is 0 Å². The SMILES string of the molecule is COc1ccc(/C=C/C(=O)OC2CCCCN(C(=O)c3ccc(F)cc3)C2=O)c(OC)c1. The molecule has 1 saturated heterocycles. The van der Waals surface area contributed by atoms with Gasteiger partial charge < -0.3 is 14.2 Å². The van der Waals surface area contributed by atoms with Gasteiger partial charge in [0.15, 0.2) is 6.10 Å². The van der Waals surface area contributed by atoms with Gasteiger partial charge in [-0.25, -0.2) is 9.18 Å². The topological polar surface area (TPSA) is 82.1 Å². The smallest absolute Gasteiger partial charge is 0.331 e. The average molecular weight is 441 g/mol. The number of nitrogens with zero attached hydrogens (tertiary/aromatic N) is 1. The van der Waals surface area contributed by atoms with Crippen LogP contribution in [0.2, 0.25) is 0 Å². The lowest BCUT2D eigenvalue weighted by Crippen LogP contribution is -2.43. The van der Waals surface area contributed by atoms with Crippen molar-refractivity contribution in [2.24, 2.45) is 0 Å². The number of benzene rings is 2. The highest BCUT2D eigenvalue weighted by Crippen LogP contribution is 2.26. The van der Waals surface area contributed by atoms with Crippen LogP contribution in [0.1, 0.15) is 35.2 Å². The zero-order chi connectivity index (χ0) is 23.1. The highest BCUT2D eigenvalue weighted by Gasteiger charge is 2.33. The summed E-state index contributed by atoms with van der Waals surface area (Å²) >= 11 is 0. The molecule has 2 amide bonds. The molecule has 0 saturated carbocycles. The van der Waals surface area contributed by atoms with E-state index in [4.69, 9.17) is 14.2 Å². The molecule has 2 aromatic rings. The molecule has 32 heavy (non-hydrogen) atoms. The maximum atomic E-state index is 13.2. The number of rotatable bonds is 6. The van der Waals surface area contributed by atoms with Gasteiger partial charge in [-0.2, -0.15) is 0 Å². The predicted molar refractivity (Wildman–Crippen MR) is 115 cm³/mol. The molecular formula is C24H24FNO6. The number of amides is 2. The maximum Gasteiger partial charge on any atom is 0.331 e. The van der Waals surface area contributed by atoms with E-state index in [9.17, 15) is 18.8 Å². The molecule has 1 aliphatic rings. The molecule has 7 nitrogen and oxygen atoms in total. The molecule has 1 unspecified atom stereocenters. The van der Waals surface area contributed by atoms with Crippen LogP contribution >= 0.6 is 0 Å². The van der Waals surface area contributed by atoms with Gasteiger partial charge in [-0.1, -0.05) is 0 Å². The molecule has 0 aliphatic carbocycles. The van der Waals surface area contributed by atoms with E-state index in [1.54, 1.807) is 18.2 Å². The number of carbonyl (C=O) groups excluding carboxylic acids is 3. The van der Waals surface area contributed by atoms with E-state index < -0.39 is 29.7 Å². The summed E-state index contributed by atoms with van der Waals surface area (Å²) in [5, 5.41) is 0. The van der Waals surface area contributed by atoms with Crippen molar-refractivity contribution < 1.29 is 33.0 Å². The van der Waals surface area contributed by atoms with Crippen LogP contribution in [0.3, 0.4) is 0 Å². The maximum absolute atomic E-state index is 13.2. The number of hydrogen-bond acceptors (Lipinski definition) is 6. The van der Waals surface area contributed by atoms with Gasteiger partial charge in [-0.05, 0) is 61.7 Å². The van der Waals surface area contributed by atoms with Crippen LogP contribution in [0.15, 0.2) is 48.5 Å². The first-order valence-corrected chi connectivity index (χ1v) is 10.1. The van der Waals surface area contributed by atoms with Crippen molar-refractivity contribution in [1.82, 2.24) is 4.90 Å². The van der Waals surface area contributed by atoms with Gasteiger partial charge in [0.05, 0.1) is 14.2 Å². The van der Waals surface area contributed by atoms with Crippen molar-refractivity contribution in [2.45, 2.75) is 25.4 Å². The predicted octanol–water partition coefficient (Wildman–Crippen LogP) is 3.62. The molecule has 1 fully saturated rings. The first-order chi connectivity index (χ1) is 15.4. The third-order valence-corrected chi connectivity index (χ3v) is 5.07. The molecule has 1 aliphatic heterocycles. The number of esters is 1. The number of imide groups is 1. The Hall–Kier alpha value is -3.68. The Labute approximate surface area is 185 Å². The molecule has 0 spiro atoms. The molecular weight excluding hydrogens is 417 g/mol. The largest absolute Gasteiger partial charge is 0.497 e. The monoisotopic (exact) mass is 441 g/mol. The van der Waals surface area contributed by atoms with Crippen molar-refractivity contribution in [2.75, 3.05) is 20.8 Å². The third kappa shape index (κ3) is 5.51. The minimum Gasteiger partial charge on any atom is -0.497 e. The zero-order valence-electron chi connectivity index (χ0n) is 17.9. The average Bonchev–Trinajstić information content (AvgIpc) is 2.99. The van der Waals surface area contributed by atoms with E-state index in [-0.39, 0.29) is 12.1 Å². The molecule has 168 valence electrons. The quantitative estimate of drug-likeness (QED) is 0.387. The molecule has 1 heterocycles. The fourth-order valence-electron chi connectivity index (χ4n) is 3.36. The van der Waals surface area contributed by atoms with Crippen molar-refractivity contribution in [3.8, 4) is 11.5 Å². The molecule has 0 bridgehead atoms. The van der Waals surface area contributed by atoms with Gasteiger partial charge >= 0.3 is 5.97 Å². The van der Waals surface area contributed by atoms with Crippen LogP contribution in [0.4, 0.5) is 4.39 Å². The molecule has 0 N–H and O–H groups in total. The lowest BCUT2D eigenvalue weighted by molar-refractivity contribution is -0.154. The number of carbonyl (C=O) groups is 3. The van der Waals surface area contributed by atoms with Gasteiger partial charge in [-0.3, -0.25) is 14.5 Å². The molecule has 3 rings (SSSR count). The summed E-state index contributed by atoms with van der Waals surface area (Å²) in [6.07, 6.45) is 3.17. The zero-order valence-corrected chi connectivity index (χ0v) is 17.9. The Bertz CT molecular complexity index is 1020. The van der Waals surface area contributed by atoms with E-state index >= 15 is 0 Å². The van der Waals surface area contributed by atoms with Crippen LogP contribution in [0, 0.1) is 5.82 Å². The Morgan fingerprint density at radius 2 is 1.81 bits per heavy atom. The summed E-state index contributed by atoms with van der Waals surface area (Å²) in [4.78, 5) is 39.1.